The van der Waals surface area contributed by atoms with Crippen LogP contribution in [0.2, 0.25) is 5.02 Å². The Morgan fingerprint density at radius 2 is 1.83 bits per heavy atom. The Bertz CT molecular complexity index is 1050. The van der Waals surface area contributed by atoms with E-state index in [-0.39, 0.29) is 47.2 Å². The van der Waals surface area contributed by atoms with Crippen molar-refractivity contribution in [1.82, 2.24) is 9.62 Å². The third-order valence-corrected chi connectivity index (χ3v) is 7.17. The first-order valence-corrected chi connectivity index (χ1v) is 11.0. The van der Waals surface area contributed by atoms with Crippen molar-refractivity contribution in [3.63, 3.8) is 0 Å². The van der Waals surface area contributed by atoms with Gasteiger partial charge >= 0.3 is 0 Å². The zero-order valence-electron chi connectivity index (χ0n) is 15.8. The number of piperidine rings is 1. The molecule has 0 aromatic heterocycles. The fraction of sp³-hybridized carbons (Fsp3) is 0.316. The molecule has 8 nitrogen and oxygen atoms in total. The third-order valence-electron chi connectivity index (χ3n) is 4.96. The maximum atomic E-state index is 12.9. The summed E-state index contributed by atoms with van der Waals surface area (Å²) in [6.45, 7) is 0.493. The molecule has 11 heteroatoms. The van der Waals surface area contributed by atoms with Gasteiger partial charge in [0.25, 0.3) is 5.69 Å². The second kappa shape index (κ2) is 9.07. The average Bonchev–Trinajstić information content (AvgIpc) is 2.73. The van der Waals surface area contributed by atoms with Crippen molar-refractivity contribution in [1.29, 1.82) is 0 Å². The van der Waals surface area contributed by atoms with Gasteiger partial charge in [-0.1, -0.05) is 23.7 Å². The maximum Gasteiger partial charge on any atom is 0.289 e. The summed E-state index contributed by atoms with van der Waals surface area (Å²) in [5.41, 5.74) is 0.280. The van der Waals surface area contributed by atoms with E-state index in [0.29, 0.717) is 12.8 Å². The predicted octanol–water partition coefficient (Wildman–Crippen LogP) is 3.10. The minimum absolute atomic E-state index is 0.118. The molecule has 1 aliphatic rings. The summed E-state index contributed by atoms with van der Waals surface area (Å²) in [6.07, 6.45) is 0.647. The maximum absolute atomic E-state index is 12.9. The van der Waals surface area contributed by atoms with Crippen LogP contribution < -0.4 is 5.32 Å². The number of rotatable bonds is 6. The van der Waals surface area contributed by atoms with Crippen LogP contribution >= 0.6 is 11.6 Å². The Morgan fingerprint density at radius 1 is 1.20 bits per heavy atom. The van der Waals surface area contributed by atoms with E-state index < -0.39 is 20.6 Å². The highest BCUT2D eigenvalue weighted by atomic mass is 35.5. The van der Waals surface area contributed by atoms with Gasteiger partial charge in [0.15, 0.2) is 0 Å². The molecule has 30 heavy (non-hydrogen) atoms. The standard InChI is InChI=1S/C19H19ClFN3O5S/c20-17-6-5-16(11-18(17)24(26)27)30(28,29)23-9-7-14(8-10-23)19(25)22-12-13-1-3-15(21)4-2-13/h1-6,11,14H,7-10,12H2,(H,22,25). The molecule has 2 aromatic carbocycles. The molecule has 1 fully saturated rings. The van der Waals surface area contributed by atoms with E-state index in [2.05, 4.69) is 5.32 Å². The van der Waals surface area contributed by atoms with Gasteiger partial charge in [0.05, 0.1) is 9.82 Å². The fourth-order valence-corrected chi connectivity index (χ4v) is 4.91. The van der Waals surface area contributed by atoms with E-state index >= 15 is 0 Å². The van der Waals surface area contributed by atoms with Crippen molar-refractivity contribution in [2.24, 2.45) is 5.92 Å². The minimum atomic E-state index is -3.94. The van der Waals surface area contributed by atoms with E-state index in [1.54, 1.807) is 12.1 Å². The highest BCUT2D eigenvalue weighted by Crippen LogP contribution is 2.30. The molecule has 1 saturated heterocycles. The number of nitro groups is 1. The lowest BCUT2D eigenvalue weighted by Gasteiger charge is -2.30. The van der Waals surface area contributed by atoms with E-state index in [0.717, 1.165) is 11.6 Å². The SMILES string of the molecule is O=C(NCc1ccc(F)cc1)C1CCN(S(=O)(=O)c2ccc(Cl)c([N+](=O)[O-])c2)CC1. The molecule has 1 heterocycles. The van der Waals surface area contributed by atoms with Gasteiger partial charge in [0.2, 0.25) is 15.9 Å². The summed E-state index contributed by atoms with van der Waals surface area (Å²) in [5.74, 6) is -0.903. The highest BCUT2D eigenvalue weighted by Gasteiger charge is 2.33. The van der Waals surface area contributed by atoms with E-state index in [4.69, 9.17) is 11.6 Å². The summed E-state index contributed by atoms with van der Waals surface area (Å²) < 4.78 is 39.8. The minimum Gasteiger partial charge on any atom is -0.352 e. The molecule has 1 N–H and O–H groups in total. The lowest BCUT2D eigenvalue weighted by Crippen LogP contribution is -2.42. The third kappa shape index (κ3) is 4.94. The van der Waals surface area contributed by atoms with Crippen molar-refractivity contribution < 1.29 is 22.5 Å². The van der Waals surface area contributed by atoms with Crippen molar-refractivity contribution in [3.8, 4) is 0 Å². The molecule has 0 spiro atoms. The first kappa shape index (κ1) is 22.1. The highest BCUT2D eigenvalue weighted by molar-refractivity contribution is 7.89. The lowest BCUT2D eigenvalue weighted by molar-refractivity contribution is -0.384. The normalized spacial score (nSPS) is 15.7. The van der Waals surface area contributed by atoms with Crippen LogP contribution in [-0.4, -0.2) is 36.6 Å². The van der Waals surface area contributed by atoms with Gasteiger partial charge in [0, 0.05) is 31.6 Å². The Balaban J connectivity index is 1.60. The van der Waals surface area contributed by atoms with Crippen LogP contribution in [0.4, 0.5) is 10.1 Å². The number of sulfonamides is 1. The van der Waals surface area contributed by atoms with Gasteiger partial charge in [-0.15, -0.1) is 0 Å². The number of carbonyl (C=O) groups excluding carboxylic acids is 1. The molecule has 1 aliphatic heterocycles. The van der Waals surface area contributed by atoms with Crippen LogP contribution in [0.25, 0.3) is 0 Å². The molecule has 0 radical (unpaired) electrons. The number of hydrogen-bond acceptors (Lipinski definition) is 5. The molecule has 3 rings (SSSR count). The number of carbonyl (C=O) groups is 1. The average molecular weight is 456 g/mol. The van der Waals surface area contributed by atoms with Crippen LogP contribution in [-0.2, 0) is 21.4 Å². The van der Waals surface area contributed by atoms with Gasteiger partial charge in [-0.05, 0) is 42.7 Å². The second-order valence-electron chi connectivity index (χ2n) is 6.89. The lowest BCUT2D eigenvalue weighted by atomic mass is 9.97. The van der Waals surface area contributed by atoms with Crippen LogP contribution in [0.3, 0.4) is 0 Å². The van der Waals surface area contributed by atoms with E-state index in [9.17, 15) is 27.7 Å². The van der Waals surface area contributed by atoms with Gasteiger partial charge < -0.3 is 5.32 Å². The molecule has 0 bridgehead atoms. The van der Waals surface area contributed by atoms with Crippen LogP contribution in [0.1, 0.15) is 18.4 Å². The van der Waals surface area contributed by atoms with Gasteiger partial charge in [-0.25, -0.2) is 12.8 Å². The molecule has 160 valence electrons. The molecular weight excluding hydrogens is 437 g/mol. The molecule has 0 saturated carbocycles. The Morgan fingerprint density at radius 3 is 2.43 bits per heavy atom. The first-order valence-electron chi connectivity index (χ1n) is 9.15. The number of halogens is 2. The number of nitrogens with one attached hydrogen (secondary N) is 1. The summed E-state index contributed by atoms with van der Waals surface area (Å²) in [4.78, 5) is 22.5. The zero-order valence-corrected chi connectivity index (χ0v) is 17.3. The Hall–Kier alpha value is -2.56. The van der Waals surface area contributed by atoms with Gasteiger partial charge in [-0.2, -0.15) is 4.31 Å². The molecule has 1 amide bonds. The largest absolute Gasteiger partial charge is 0.352 e. The summed E-state index contributed by atoms with van der Waals surface area (Å²) in [7, 11) is -3.94. The van der Waals surface area contributed by atoms with Crippen LogP contribution in [0.15, 0.2) is 47.4 Å². The number of nitrogens with zero attached hydrogens (tertiary/aromatic N) is 2. The number of benzene rings is 2. The molecular formula is C19H19ClFN3O5S. The monoisotopic (exact) mass is 455 g/mol. The quantitative estimate of drug-likeness (QED) is 0.531. The number of amides is 1. The fourth-order valence-electron chi connectivity index (χ4n) is 3.24. The van der Waals surface area contributed by atoms with Crippen molar-refractivity contribution in [3.05, 3.63) is 69.0 Å². The zero-order chi connectivity index (χ0) is 21.9. The topological polar surface area (TPSA) is 110 Å². The summed E-state index contributed by atoms with van der Waals surface area (Å²) in [6, 6.07) is 9.14. The number of nitro benzene ring substituents is 1. The van der Waals surface area contributed by atoms with Crippen LogP contribution in [0.5, 0.6) is 0 Å². The second-order valence-corrected chi connectivity index (χ2v) is 9.24. The molecule has 2 aromatic rings. The van der Waals surface area contributed by atoms with E-state index in [1.165, 1.54) is 28.6 Å². The summed E-state index contributed by atoms with van der Waals surface area (Å²) in [5, 5.41) is 13.7. The Kier molecular flexibility index (Phi) is 6.69. The van der Waals surface area contributed by atoms with Crippen molar-refractivity contribution >= 4 is 33.2 Å². The molecule has 0 aliphatic carbocycles. The smallest absolute Gasteiger partial charge is 0.289 e. The molecule has 0 atom stereocenters. The molecule has 0 unspecified atom stereocenters. The number of hydrogen-bond donors (Lipinski definition) is 1. The first-order chi connectivity index (χ1) is 14.2. The van der Waals surface area contributed by atoms with Crippen molar-refractivity contribution in [2.45, 2.75) is 24.3 Å². The van der Waals surface area contributed by atoms with E-state index in [1.807, 2.05) is 0 Å². The summed E-state index contributed by atoms with van der Waals surface area (Å²) >= 11 is 5.75. The van der Waals surface area contributed by atoms with Gasteiger partial charge in [0.1, 0.15) is 10.8 Å². The predicted molar refractivity (Wildman–Crippen MR) is 108 cm³/mol. The van der Waals surface area contributed by atoms with Crippen LogP contribution in [0, 0.1) is 21.8 Å². The van der Waals surface area contributed by atoms with Gasteiger partial charge in [-0.3, -0.25) is 14.9 Å². The van der Waals surface area contributed by atoms with Crippen molar-refractivity contribution in [2.75, 3.05) is 13.1 Å². The Labute approximate surface area is 177 Å².